The number of carbonyl (C=O) groups is 2. The zero-order valence-electron chi connectivity index (χ0n) is 12.7. The normalized spacial score (nSPS) is 20.3. The first-order valence-electron chi connectivity index (χ1n) is 6.96. The van der Waals surface area contributed by atoms with E-state index >= 15 is 0 Å². The number of hydrogen-bond acceptors (Lipinski definition) is 7. The molecule has 1 fully saturated rings. The lowest BCUT2D eigenvalue weighted by Gasteiger charge is -2.22. The molecule has 1 aromatic carbocycles. The fourth-order valence-corrected chi connectivity index (χ4v) is 2.56. The minimum atomic E-state index is -1.52. The Morgan fingerprint density at radius 1 is 1.17 bits per heavy atom. The first kappa shape index (κ1) is 15.6. The van der Waals surface area contributed by atoms with Crippen molar-refractivity contribution in [3.05, 3.63) is 41.5 Å². The number of halogens is 1. The predicted octanol–water partition coefficient (Wildman–Crippen LogP) is 0.142. The Bertz CT molecular complexity index is 823. The minimum absolute atomic E-state index is 0.0567. The van der Waals surface area contributed by atoms with Crippen LogP contribution >= 0.6 is 0 Å². The van der Waals surface area contributed by atoms with Gasteiger partial charge in [0.1, 0.15) is 11.4 Å². The Kier molecular flexibility index (Phi) is 3.51. The van der Waals surface area contributed by atoms with Crippen molar-refractivity contribution >= 4 is 23.8 Å². The van der Waals surface area contributed by atoms with Crippen LogP contribution < -0.4 is 16.8 Å². The highest BCUT2D eigenvalue weighted by atomic mass is 19.1. The topological polar surface area (TPSA) is 140 Å². The van der Waals surface area contributed by atoms with Crippen LogP contribution in [0.15, 0.2) is 24.3 Å². The Labute approximate surface area is 135 Å². The summed E-state index contributed by atoms with van der Waals surface area (Å²) < 4.78 is 14.1. The van der Waals surface area contributed by atoms with Crippen molar-refractivity contribution in [3.8, 4) is 0 Å². The molecule has 9 nitrogen and oxygen atoms in total. The number of nitrogens with two attached hydrogens (primary N) is 2. The standard InChI is InChI=1S/C14H14FN7O2/c1-14(7-4-2-3-5-8(7)15)10(23)22(13(24)21-14)6-9-18-11(16)20-12(17)19-9/h2-5H,6H2,1H3,(H,21,24)(H4,16,17,18,19,20)/t14-/m1/s1. The molecular weight excluding hydrogens is 317 g/mol. The van der Waals surface area contributed by atoms with Crippen molar-refractivity contribution in [3.63, 3.8) is 0 Å². The highest BCUT2D eigenvalue weighted by Crippen LogP contribution is 2.31. The molecule has 0 bridgehead atoms. The van der Waals surface area contributed by atoms with Crippen LogP contribution in [0.1, 0.15) is 18.3 Å². The number of aromatic nitrogens is 3. The highest BCUT2D eigenvalue weighted by Gasteiger charge is 2.50. The van der Waals surface area contributed by atoms with E-state index in [4.69, 9.17) is 11.5 Å². The van der Waals surface area contributed by atoms with Gasteiger partial charge >= 0.3 is 6.03 Å². The number of anilines is 2. The van der Waals surface area contributed by atoms with Crippen molar-refractivity contribution < 1.29 is 14.0 Å². The Morgan fingerprint density at radius 3 is 2.42 bits per heavy atom. The first-order valence-corrected chi connectivity index (χ1v) is 6.96. The summed E-state index contributed by atoms with van der Waals surface area (Å²) in [5.41, 5.74) is 9.49. The van der Waals surface area contributed by atoms with Crippen LogP contribution in [0.4, 0.5) is 21.1 Å². The number of nitrogens with zero attached hydrogens (tertiary/aromatic N) is 4. The summed E-state index contributed by atoms with van der Waals surface area (Å²) in [5.74, 6) is -1.41. The Hall–Kier alpha value is -3.30. The fraction of sp³-hybridized carbons (Fsp3) is 0.214. The summed E-state index contributed by atoms with van der Waals surface area (Å²) in [5, 5.41) is 2.50. The second kappa shape index (κ2) is 5.41. The molecular formula is C14H14FN7O2. The molecule has 0 saturated carbocycles. The van der Waals surface area contributed by atoms with E-state index in [2.05, 4.69) is 20.3 Å². The number of benzene rings is 1. The third kappa shape index (κ3) is 2.47. The lowest BCUT2D eigenvalue weighted by Crippen LogP contribution is -2.41. The van der Waals surface area contributed by atoms with Gasteiger partial charge in [0.05, 0.1) is 6.54 Å². The van der Waals surface area contributed by atoms with Crippen LogP contribution in [0.2, 0.25) is 0 Å². The smallest absolute Gasteiger partial charge is 0.325 e. The van der Waals surface area contributed by atoms with Crippen LogP contribution in [0.5, 0.6) is 0 Å². The van der Waals surface area contributed by atoms with E-state index in [-0.39, 0.29) is 29.8 Å². The van der Waals surface area contributed by atoms with Crippen LogP contribution in [-0.2, 0) is 16.9 Å². The second-order valence-electron chi connectivity index (χ2n) is 5.39. The number of urea groups is 1. The molecule has 10 heteroatoms. The van der Waals surface area contributed by atoms with Crippen molar-refractivity contribution in [2.24, 2.45) is 0 Å². The average molecular weight is 331 g/mol. The summed E-state index contributed by atoms with van der Waals surface area (Å²) >= 11 is 0. The van der Waals surface area contributed by atoms with Gasteiger partial charge in [0.25, 0.3) is 5.91 Å². The molecule has 0 aliphatic carbocycles. The summed E-state index contributed by atoms with van der Waals surface area (Å²) in [6.45, 7) is 1.17. The monoisotopic (exact) mass is 331 g/mol. The number of nitrogens with one attached hydrogen (secondary N) is 1. The average Bonchev–Trinajstić information content (AvgIpc) is 2.71. The predicted molar refractivity (Wildman–Crippen MR) is 81.5 cm³/mol. The van der Waals surface area contributed by atoms with E-state index in [9.17, 15) is 14.0 Å². The largest absolute Gasteiger partial charge is 0.368 e. The SMILES string of the molecule is C[C@]1(c2ccccc2F)NC(=O)N(Cc2nc(N)nc(N)n2)C1=O. The molecule has 1 aliphatic heterocycles. The summed E-state index contributed by atoms with van der Waals surface area (Å²) in [4.78, 5) is 37.1. The Balaban J connectivity index is 1.93. The zero-order chi connectivity index (χ0) is 17.5. The van der Waals surface area contributed by atoms with Crippen molar-refractivity contribution in [1.82, 2.24) is 25.2 Å². The molecule has 3 amide bonds. The quantitative estimate of drug-likeness (QED) is 0.680. The number of rotatable bonds is 3. The van der Waals surface area contributed by atoms with Crippen LogP contribution in [0.25, 0.3) is 0 Å². The van der Waals surface area contributed by atoms with Gasteiger partial charge < -0.3 is 16.8 Å². The number of nitrogen functional groups attached to an aromatic ring is 2. The van der Waals surface area contributed by atoms with Gasteiger partial charge in [0.2, 0.25) is 11.9 Å². The van der Waals surface area contributed by atoms with E-state index in [0.29, 0.717) is 0 Å². The van der Waals surface area contributed by atoms with Gasteiger partial charge in [-0.2, -0.15) is 15.0 Å². The van der Waals surface area contributed by atoms with Crippen LogP contribution in [-0.4, -0.2) is 31.8 Å². The number of carbonyl (C=O) groups excluding carboxylic acids is 2. The van der Waals surface area contributed by atoms with E-state index in [1.54, 1.807) is 6.07 Å². The molecule has 1 atom stereocenters. The van der Waals surface area contributed by atoms with Gasteiger partial charge in [-0.1, -0.05) is 18.2 Å². The van der Waals surface area contributed by atoms with Gasteiger partial charge in [0.15, 0.2) is 5.82 Å². The third-order valence-corrected chi connectivity index (χ3v) is 3.70. The molecule has 0 spiro atoms. The summed E-state index contributed by atoms with van der Waals surface area (Å²) in [7, 11) is 0. The molecule has 24 heavy (non-hydrogen) atoms. The maximum atomic E-state index is 14.1. The summed E-state index contributed by atoms with van der Waals surface area (Å²) in [6, 6.07) is 5.05. The molecule has 1 saturated heterocycles. The third-order valence-electron chi connectivity index (χ3n) is 3.70. The molecule has 124 valence electrons. The van der Waals surface area contributed by atoms with Gasteiger partial charge in [-0.25, -0.2) is 9.18 Å². The molecule has 5 N–H and O–H groups in total. The molecule has 2 aromatic rings. The maximum Gasteiger partial charge on any atom is 0.325 e. The van der Waals surface area contributed by atoms with E-state index in [0.717, 1.165) is 4.90 Å². The Morgan fingerprint density at radius 2 is 1.79 bits per heavy atom. The molecule has 3 rings (SSSR count). The molecule has 1 aromatic heterocycles. The van der Waals surface area contributed by atoms with E-state index < -0.39 is 23.3 Å². The van der Waals surface area contributed by atoms with Crippen molar-refractivity contribution in [2.45, 2.75) is 19.0 Å². The lowest BCUT2D eigenvalue weighted by molar-refractivity contribution is -0.131. The molecule has 0 unspecified atom stereocenters. The van der Waals surface area contributed by atoms with E-state index in [1.807, 2.05) is 0 Å². The molecule has 2 heterocycles. The van der Waals surface area contributed by atoms with Gasteiger partial charge in [0, 0.05) is 5.56 Å². The van der Waals surface area contributed by atoms with E-state index in [1.165, 1.54) is 25.1 Å². The fourth-order valence-electron chi connectivity index (χ4n) is 2.56. The lowest BCUT2D eigenvalue weighted by atomic mass is 9.91. The number of hydrogen-bond donors (Lipinski definition) is 3. The highest BCUT2D eigenvalue weighted by molar-refractivity contribution is 6.07. The van der Waals surface area contributed by atoms with Gasteiger partial charge in [-0.05, 0) is 13.0 Å². The molecule has 0 radical (unpaired) electrons. The van der Waals surface area contributed by atoms with Gasteiger partial charge in [-0.15, -0.1) is 0 Å². The number of imide groups is 1. The van der Waals surface area contributed by atoms with Crippen molar-refractivity contribution in [2.75, 3.05) is 11.5 Å². The van der Waals surface area contributed by atoms with Gasteiger partial charge in [-0.3, -0.25) is 9.69 Å². The van der Waals surface area contributed by atoms with Crippen molar-refractivity contribution in [1.29, 1.82) is 0 Å². The minimum Gasteiger partial charge on any atom is -0.368 e. The van der Waals surface area contributed by atoms with Crippen LogP contribution in [0.3, 0.4) is 0 Å². The first-order chi connectivity index (χ1) is 11.3. The summed E-state index contributed by atoms with van der Waals surface area (Å²) in [6.07, 6.45) is 0. The molecule has 1 aliphatic rings. The maximum absolute atomic E-state index is 14.1. The second-order valence-corrected chi connectivity index (χ2v) is 5.39. The van der Waals surface area contributed by atoms with Crippen LogP contribution in [0, 0.1) is 5.82 Å². The number of amides is 3. The zero-order valence-corrected chi connectivity index (χ0v) is 12.7.